The SMILES string of the molecule is I.ICC1CSc2nncn21. The number of rotatable bonds is 1. The number of fused-ring (bicyclic) bond motifs is 1. The maximum Gasteiger partial charge on any atom is 0.191 e. The first-order valence-corrected chi connectivity index (χ1v) is 5.51. The Morgan fingerprint density at radius 3 is 3.36 bits per heavy atom. The summed E-state index contributed by atoms with van der Waals surface area (Å²) in [5.41, 5.74) is 0. The summed E-state index contributed by atoms with van der Waals surface area (Å²) in [6.45, 7) is 0. The molecule has 0 saturated heterocycles. The van der Waals surface area contributed by atoms with Crippen molar-refractivity contribution in [3.63, 3.8) is 0 Å². The van der Waals surface area contributed by atoms with Gasteiger partial charge in [0, 0.05) is 10.2 Å². The standard InChI is InChI=1S/C5H6IN3S.HI/c6-1-4-2-10-5-8-7-3-9(4)5;/h3-4H,1-2H2;1H. The van der Waals surface area contributed by atoms with E-state index in [4.69, 9.17) is 0 Å². The van der Waals surface area contributed by atoms with Crippen LogP contribution in [0.3, 0.4) is 0 Å². The molecule has 1 unspecified atom stereocenters. The lowest BCUT2D eigenvalue weighted by atomic mass is 10.4. The third kappa shape index (κ3) is 1.82. The van der Waals surface area contributed by atoms with Crippen molar-refractivity contribution in [2.75, 3.05) is 10.2 Å². The summed E-state index contributed by atoms with van der Waals surface area (Å²) < 4.78 is 3.30. The molecule has 0 amide bonds. The molecule has 1 aliphatic heterocycles. The second-order valence-corrected chi connectivity index (χ2v) is 4.01. The molecule has 0 aliphatic carbocycles. The lowest BCUT2D eigenvalue weighted by Gasteiger charge is -2.04. The summed E-state index contributed by atoms with van der Waals surface area (Å²) in [7, 11) is 0. The number of hydrogen-bond acceptors (Lipinski definition) is 3. The van der Waals surface area contributed by atoms with Crippen LogP contribution in [-0.2, 0) is 0 Å². The van der Waals surface area contributed by atoms with Crippen LogP contribution in [0, 0.1) is 0 Å². The van der Waals surface area contributed by atoms with Crippen LogP contribution in [0.4, 0.5) is 0 Å². The molecule has 0 radical (unpaired) electrons. The van der Waals surface area contributed by atoms with Crippen molar-refractivity contribution in [1.29, 1.82) is 0 Å². The fraction of sp³-hybridized carbons (Fsp3) is 0.600. The zero-order chi connectivity index (χ0) is 6.97. The number of nitrogens with zero attached hydrogens (tertiary/aromatic N) is 3. The number of aromatic nitrogens is 3. The highest BCUT2D eigenvalue weighted by molar-refractivity contribution is 14.1. The smallest absolute Gasteiger partial charge is 0.191 e. The molecule has 0 bridgehead atoms. The Hall–Kier alpha value is 0.950. The Morgan fingerprint density at radius 1 is 1.82 bits per heavy atom. The van der Waals surface area contributed by atoms with E-state index >= 15 is 0 Å². The lowest BCUT2D eigenvalue weighted by molar-refractivity contribution is 0.598. The molecule has 1 atom stereocenters. The van der Waals surface area contributed by atoms with Crippen molar-refractivity contribution in [3.05, 3.63) is 6.33 Å². The van der Waals surface area contributed by atoms with Gasteiger partial charge in [-0.05, 0) is 0 Å². The van der Waals surface area contributed by atoms with E-state index in [-0.39, 0.29) is 24.0 Å². The van der Waals surface area contributed by atoms with Gasteiger partial charge in [-0.2, -0.15) is 0 Å². The molecule has 0 saturated carbocycles. The molecule has 0 aromatic carbocycles. The van der Waals surface area contributed by atoms with Gasteiger partial charge in [0.25, 0.3) is 0 Å². The van der Waals surface area contributed by atoms with Gasteiger partial charge in [0.2, 0.25) is 0 Å². The Morgan fingerprint density at radius 2 is 2.64 bits per heavy atom. The van der Waals surface area contributed by atoms with E-state index in [1.54, 1.807) is 11.8 Å². The van der Waals surface area contributed by atoms with Crippen LogP contribution in [-0.4, -0.2) is 24.9 Å². The molecule has 2 rings (SSSR count). The van der Waals surface area contributed by atoms with Crippen LogP contribution in [0.25, 0.3) is 0 Å². The van der Waals surface area contributed by atoms with E-state index in [2.05, 4.69) is 37.4 Å². The number of halogens is 2. The van der Waals surface area contributed by atoms with Crippen molar-refractivity contribution >= 4 is 58.3 Å². The average Bonchev–Trinajstić information content (AvgIpc) is 2.44. The van der Waals surface area contributed by atoms with E-state index in [1.807, 2.05) is 6.33 Å². The van der Waals surface area contributed by atoms with E-state index in [1.165, 1.54) is 0 Å². The Kier molecular flexibility index (Phi) is 3.89. The minimum Gasteiger partial charge on any atom is -0.304 e. The van der Waals surface area contributed by atoms with Gasteiger partial charge in [-0.25, -0.2) is 0 Å². The molecule has 0 spiro atoms. The molecule has 0 fully saturated rings. The minimum absolute atomic E-state index is 0. The van der Waals surface area contributed by atoms with Crippen molar-refractivity contribution in [3.8, 4) is 0 Å². The van der Waals surface area contributed by atoms with Gasteiger partial charge in [-0.3, -0.25) is 0 Å². The lowest BCUT2D eigenvalue weighted by Crippen LogP contribution is -2.05. The van der Waals surface area contributed by atoms with Gasteiger partial charge >= 0.3 is 0 Å². The maximum atomic E-state index is 3.97. The molecule has 1 aromatic rings. The first-order chi connectivity index (χ1) is 4.92. The molecular weight excluding hydrogens is 388 g/mol. The zero-order valence-corrected chi connectivity index (χ0v) is 10.9. The molecule has 6 heteroatoms. The summed E-state index contributed by atoms with van der Waals surface area (Å²) >= 11 is 4.19. The van der Waals surface area contributed by atoms with Gasteiger partial charge in [0.1, 0.15) is 6.33 Å². The predicted octanol–water partition coefficient (Wildman–Crippen LogP) is 1.98. The molecule has 2 heterocycles. The van der Waals surface area contributed by atoms with E-state index in [0.29, 0.717) is 6.04 Å². The largest absolute Gasteiger partial charge is 0.304 e. The highest BCUT2D eigenvalue weighted by Crippen LogP contribution is 2.31. The second-order valence-electron chi connectivity index (χ2n) is 2.14. The molecule has 11 heavy (non-hydrogen) atoms. The topological polar surface area (TPSA) is 30.7 Å². The number of hydrogen-bond donors (Lipinski definition) is 0. The van der Waals surface area contributed by atoms with Crippen molar-refractivity contribution in [2.24, 2.45) is 0 Å². The van der Waals surface area contributed by atoms with Crippen molar-refractivity contribution in [1.82, 2.24) is 14.8 Å². The number of thioether (sulfide) groups is 1. The van der Waals surface area contributed by atoms with Gasteiger partial charge < -0.3 is 4.57 Å². The van der Waals surface area contributed by atoms with Crippen molar-refractivity contribution < 1.29 is 0 Å². The van der Waals surface area contributed by atoms with Gasteiger partial charge in [-0.1, -0.05) is 34.4 Å². The Bertz CT molecular complexity index is 239. The van der Waals surface area contributed by atoms with Crippen molar-refractivity contribution in [2.45, 2.75) is 11.2 Å². The minimum atomic E-state index is 0. The maximum absolute atomic E-state index is 3.97. The fourth-order valence-electron chi connectivity index (χ4n) is 0.956. The summed E-state index contributed by atoms with van der Waals surface area (Å²) in [4.78, 5) is 0. The van der Waals surface area contributed by atoms with E-state index in [9.17, 15) is 0 Å². The molecule has 1 aromatic heterocycles. The van der Waals surface area contributed by atoms with E-state index in [0.717, 1.165) is 15.3 Å². The molecule has 62 valence electrons. The first-order valence-electron chi connectivity index (χ1n) is 3.00. The summed E-state index contributed by atoms with van der Waals surface area (Å²) in [5, 5.41) is 8.87. The quantitative estimate of drug-likeness (QED) is 0.539. The fourth-order valence-corrected chi connectivity index (χ4v) is 3.18. The summed E-state index contributed by atoms with van der Waals surface area (Å²) in [5.74, 6) is 1.16. The Balaban J connectivity index is 0.000000605. The second kappa shape index (κ2) is 4.26. The van der Waals surface area contributed by atoms with Crippen LogP contribution < -0.4 is 0 Å². The van der Waals surface area contributed by atoms with E-state index < -0.39 is 0 Å². The molecule has 3 nitrogen and oxygen atoms in total. The monoisotopic (exact) mass is 395 g/mol. The number of alkyl halides is 1. The molecule has 1 aliphatic rings. The van der Waals surface area contributed by atoms with Gasteiger partial charge in [0.15, 0.2) is 5.16 Å². The molecular formula is C5H7I2N3S. The highest BCUT2D eigenvalue weighted by Gasteiger charge is 2.22. The highest BCUT2D eigenvalue weighted by atomic mass is 127. The van der Waals surface area contributed by atoms with Crippen LogP contribution in [0.5, 0.6) is 0 Å². The van der Waals surface area contributed by atoms with Gasteiger partial charge in [-0.15, -0.1) is 34.2 Å². The molecule has 0 N–H and O–H groups in total. The van der Waals surface area contributed by atoms with Crippen LogP contribution in [0.2, 0.25) is 0 Å². The summed E-state index contributed by atoms with van der Waals surface area (Å²) in [6.07, 6.45) is 1.82. The summed E-state index contributed by atoms with van der Waals surface area (Å²) in [6, 6.07) is 0.621. The van der Waals surface area contributed by atoms with Crippen LogP contribution in [0.15, 0.2) is 11.5 Å². The first kappa shape index (κ1) is 10.0. The Labute approximate surface area is 99.9 Å². The van der Waals surface area contributed by atoms with Crippen LogP contribution >= 0.6 is 58.3 Å². The average molecular weight is 395 g/mol. The van der Waals surface area contributed by atoms with Gasteiger partial charge in [0.05, 0.1) is 6.04 Å². The predicted molar refractivity (Wildman–Crippen MR) is 64.1 cm³/mol. The normalized spacial score (nSPS) is 21.0. The zero-order valence-electron chi connectivity index (χ0n) is 5.61. The van der Waals surface area contributed by atoms with Crippen LogP contribution in [0.1, 0.15) is 6.04 Å². The third-order valence-electron chi connectivity index (χ3n) is 1.52. The third-order valence-corrected chi connectivity index (χ3v) is 3.64.